The number of aliphatic carboxylic acids is 1. The lowest BCUT2D eigenvalue weighted by atomic mass is 10.3. The molecule has 0 bridgehead atoms. The number of nitrogens with one attached hydrogen (secondary N) is 1. The lowest BCUT2D eigenvalue weighted by Gasteiger charge is -2.11. The third kappa shape index (κ3) is 12.3. The Hall–Kier alpha value is -2.80. The van der Waals surface area contributed by atoms with Crippen LogP contribution >= 0.6 is 0 Å². The fraction of sp³-hybridized carbons (Fsp3) is 0.625. The molecular formula is C16H25N3O9S. The van der Waals surface area contributed by atoms with E-state index in [1.807, 2.05) is 13.8 Å². The van der Waals surface area contributed by atoms with Crippen LogP contribution in [0.1, 0.15) is 65.2 Å². The van der Waals surface area contributed by atoms with Crippen molar-refractivity contribution in [2.24, 2.45) is 0 Å². The SMILES string of the molecule is CCCC(=O)O.CCCC(=O)ON1C(=O)CCC1=O.N=S.O=C1CCC(=O)N1O. The molecule has 2 fully saturated rings. The number of carbonyl (C=O) groups excluding carboxylic acids is 5. The molecule has 0 aromatic rings. The van der Waals surface area contributed by atoms with Crippen LogP contribution < -0.4 is 0 Å². The monoisotopic (exact) mass is 435 g/mol. The maximum atomic E-state index is 11.0. The number of hydroxylamine groups is 4. The maximum absolute atomic E-state index is 11.0. The summed E-state index contributed by atoms with van der Waals surface area (Å²) >= 11 is 3.33. The molecule has 29 heavy (non-hydrogen) atoms. The molecule has 4 amide bonds. The normalized spacial score (nSPS) is 14.9. The Kier molecular flexibility index (Phi) is 15.9. The van der Waals surface area contributed by atoms with Gasteiger partial charge in [-0.05, 0) is 12.8 Å². The first-order valence-corrected chi connectivity index (χ1v) is 9.08. The van der Waals surface area contributed by atoms with Gasteiger partial charge in [0.15, 0.2) is 0 Å². The molecule has 0 aromatic heterocycles. The third-order valence-electron chi connectivity index (χ3n) is 3.14. The van der Waals surface area contributed by atoms with Gasteiger partial charge in [-0.15, -0.1) is 5.06 Å². The van der Waals surface area contributed by atoms with Crippen molar-refractivity contribution in [3.63, 3.8) is 0 Å². The average Bonchev–Trinajstić information content (AvgIpc) is 3.14. The zero-order valence-corrected chi connectivity index (χ0v) is 17.0. The third-order valence-corrected chi connectivity index (χ3v) is 3.14. The fourth-order valence-corrected chi connectivity index (χ4v) is 1.79. The van der Waals surface area contributed by atoms with Gasteiger partial charge in [0.1, 0.15) is 0 Å². The van der Waals surface area contributed by atoms with Gasteiger partial charge in [0.2, 0.25) is 0 Å². The van der Waals surface area contributed by atoms with Gasteiger partial charge in [0, 0.05) is 51.0 Å². The minimum absolute atomic E-state index is 0.137. The van der Waals surface area contributed by atoms with E-state index in [-0.39, 0.29) is 37.2 Å². The molecule has 0 unspecified atom stereocenters. The van der Waals surface area contributed by atoms with Crippen molar-refractivity contribution < 1.29 is 43.9 Å². The van der Waals surface area contributed by atoms with Gasteiger partial charge in [0.25, 0.3) is 23.6 Å². The summed E-state index contributed by atoms with van der Waals surface area (Å²) in [5.74, 6) is -3.13. The summed E-state index contributed by atoms with van der Waals surface area (Å²) < 4.78 is 5.33. The Morgan fingerprint density at radius 2 is 1.28 bits per heavy atom. The van der Waals surface area contributed by atoms with Gasteiger partial charge < -0.3 is 9.94 Å². The average molecular weight is 435 g/mol. The summed E-state index contributed by atoms with van der Waals surface area (Å²) in [6, 6.07) is 0. The molecule has 0 aromatic carbocycles. The van der Waals surface area contributed by atoms with Crippen LogP contribution in [0.4, 0.5) is 0 Å². The summed E-state index contributed by atoms with van der Waals surface area (Å²) in [5.41, 5.74) is 0. The molecule has 3 N–H and O–H groups in total. The molecule has 2 heterocycles. The Morgan fingerprint density at radius 1 is 0.897 bits per heavy atom. The van der Waals surface area contributed by atoms with E-state index in [0.717, 1.165) is 6.42 Å². The predicted octanol–water partition coefficient (Wildman–Crippen LogP) is 1.09. The van der Waals surface area contributed by atoms with Gasteiger partial charge in [-0.1, -0.05) is 13.8 Å². The van der Waals surface area contributed by atoms with Crippen molar-refractivity contribution in [2.75, 3.05) is 0 Å². The van der Waals surface area contributed by atoms with Crippen molar-refractivity contribution in [1.29, 1.82) is 4.78 Å². The molecule has 0 saturated carbocycles. The largest absolute Gasteiger partial charge is 0.481 e. The zero-order chi connectivity index (χ0) is 23.0. The second-order valence-electron chi connectivity index (χ2n) is 5.54. The van der Waals surface area contributed by atoms with Gasteiger partial charge in [-0.25, -0.2) is 9.57 Å². The quantitative estimate of drug-likeness (QED) is 0.417. The lowest BCUT2D eigenvalue weighted by Crippen LogP contribution is -2.31. The summed E-state index contributed by atoms with van der Waals surface area (Å²) in [7, 11) is 0. The Bertz CT molecular complexity index is 580. The minimum Gasteiger partial charge on any atom is -0.481 e. The Balaban J connectivity index is 0. The molecule has 164 valence electrons. The van der Waals surface area contributed by atoms with E-state index in [0.29, 0.717) is 17.9 Å². The first kappa shape index (κ1) is 28.4. The number of carboxylic acid groups (broad SMARTS) is 1. The van der Waals surface area contributed by atoms with E-state index in [1.165, 1.54) is 0 Å². The predicted molar refractivity (Wildman–Crippen MR) is 97.6 cm³/mol. The van der Waals surface area contributed by atoms with Crippen molar-refractivity contribution in [3.8, 4) is 0 Å². The van der Waals surface area contributed by atoms with E-state index in [2.05, 4.69) is 17.3 Å². The first-order valence-electron chi connectivity index (χ1n) is 8.67. The molecule has 2 aliphatic heterocycles. The second-order valence-corrected chi connectivity index (χ2v) is 5.54. The van der Waals surface area contributed by atoms with Crippen molar-refractivity contribution in [1.82, 2.24) is 10.1 Å². The molecule has 2 rings (SSSR count). The summed E-state index contributed by atoms with van der Waals surface area (Å²) in [4.78, 5) is 67.5. The molecule has 0 atom stereocenters. The Morgan fingerprint density at radius 3 is 1.52 bits per heavy atom. The number of nitrogens with zero attached hydrogens (tertiary/aromatic N) is 2. The maximum Gasteiger partial charge on any atom is 0.333 e. The van der Waals surface area contributed by atoms with Crippen LogP contribution in [-0.2, 0) is 46.0 Å². The Labute approximate surface area is 172 Å². The molecule has 0 spiro atoms. The van der Waals surface area contributed by atoms with Crippen LogP contribution in [0, 0.1) is 4.78 Å². The van der Waals surface area contributed by atoms with E-state index in [9.17, 15) is 28.8 Å². The van der Waals surface area contributed by atoms with E-state index >= 15 is 0 Å². The fourth-order valence-electron chi connectivity index (χ4n) is 1.79. The lowest BCUT2D eigenvalue weighted by molar-refractivity contribution is -0.197. The molecule has 0 aliphatic carbocycles. The number of hydrogen-bond acceptors (Lipinski definition) is 10. The van der Waals surface area contributed by atoms with E-state index in [1.54, 1.807) is 0 Å². The van der Waals surface area contributed by atoms with Crippen LogP contribution in [0.5, 0.6) is 0 Å². The first-order chi connectivity index (χ1) is 13.6. The minimum atomic E-state index is -0.711. The molecule has 13 heteroatoms. The standard InChI is InChI=1S/C8H11NO4.C4H5NO3.C4H8O2.HNS/c1-2-3-8(12)13-9-6(10)4-5-7(9)11;6-3-1-2-4(7)5(3)8;1-2-3-4(5)6;1-2/h2-5H2,1H3;8H,1-2H2;2-3H2,1H3,(H,5,6);1H. The van der Waals surface area contributed by atoms with Crippen molar-refractivity contribution in [2.45, 2.75) is 65.2 Å². The van der Waals surface area contributed by atoms with E-state index in [4.69, 9.17) is 15.1 Å². The van der Waals surface area contributed by atoms with E-state index < -0.39 is 35.6 Å². The smallest absolute Gasteiger partial charge is 0.333 e. The number of imide groups is 2. The number of rotatable bonds is 5. The summed E-state index contributed by atoms with van der Waals surface area (Å²) in [5, 5.41) is 17.0. The van der Waals surface area contributed by atoms with Crippen LogP contribution in [0.25, 0.3) is 0 Å². The van der Waals surface area contributed by atoms with Gasteiger partial charge in [0.05, 0.1) is 0 Å². The van der Waals surface area contributed by atoms with Crippen molar-refractivity contribution in [3.05, 3.63) is 0 Å². The van der Waals surface area contributed by atoms with Gasteiger partial charge in [-0.3, -0.25) is 29.2 Å². The van der Waals surface area contributed by atoms with Gasteiger partial charge in [-0.2, -0.15) is 5.06 Å². The van der Waals surface area contributed by atoms with Crippen LogP contribution in [0.15, 0.2) is 0 Å². The molecular weight excluding hydrogens is 410 g/mol. The van der Waals surface area contributed by atoms with Crippen molar-refractivity contribution >= 4 is 48.0 Å². The van der Waals surface area contributed by atoms with Crippen LogP contribution in [0.2, 0.25) is 0 Å². The summed E-state index contributed by atoms with van der Waals surface area (Å²) in [6.45, 7) is 3.66. The highest BCUT2D eigenvalue weighted by Gasteiger charge is 2.32. The number of hydrogen-bond donors (Lipinski definition) is 3. The van der Waals surface area contributed by atoms with Gasteiger partial charge >= 0.3 is 11.9 Å². The highest BCUT2D eigenvalue weighted by Crippen LogP contribution is 2.12. The topological polar surface area (TPSA) is 182 Å². The molecule has 2 aliphatic rings. The second kappa shape index (κ2) is 16.2. The number of carbonyl (C=O) groups is 6. The highest BCUT2D eigenvalue weighted by atomic mass is 32.1. The molecule has 2 saturated heterocycles. The summed E-state index contributed by atoms with van der Waals surface area (Å²) in [6.07, 6.45) is 2.45. The molecule has 0 radical (unpaired) electrons. The van der Waals surface area contributed by atoms with Crippen LogP contribution in [-0.4, -0.2) is 56.0 Å². The highest BCUT2D eigenvalue weighted by molar-refractivity contribution is 7.45. The van der Waals surface area contributed by atoms with Crippen LogP contribution in [0.3, 0.4) is 0 Å². The number of amides is 4. The molecule has 12 nitrogen and oxygen atoms in total. The zero-order valence-electron chi connectivity index (χ0n) is 16.2. The number of carboxylic acids is 1.